The minimum absolute atomic E-state index is 0.0913. The molecule has 0 bridgehead atoms. The Bertz CT molecular complexity index is 1020. The van der Waals surface area contributed by atoms with Gasteiger partial charge in [-0.3, -0.25) is 4.79 Å². The smallest absolute Gasteiger partial charge is 0.250 e. The summed E-state index contributed by atoms with van der Waals surface area (Å²) in [5, 5.41) is 14.7. The molecule has 2 N–H and O–H groups in total. The number of hydrogen-bond acceptors (Lipinski definition) is 7. The molecule has 0 radical (unpaired) electrons. The van der Waals surface area contributed by atoms with Gasteiger partial charge in [0.05, 0.1) is 37.2 Å². The van der Waals surface area contributed by atoms with E-state index < -0.39 is 0 Å². The summed E-state index contributed by atoms with van der Waals surface area (Å²) in [6, 6.07) is 11.1. The molecule has 29 heavy (non-hydrogen) atoms. The number of hydrogen-bond donors (Lipinski definition) is 2. The number of carbonyl (C=O) groups is 1. The van der Waals surface area contributed by atoms with Gasteiger partial charge in [-0.1, -0.05) is 23.9 Å². The van der Waals surface area contributed by atoms with Gasteiger partial charge in [0.1, 0.15) is 0 Å². The van der Waals surface area contributed by atoms with Crippen LogP contribution in [0, 0.1) is 0 Å². The van der Waals surface area contributed by atoms with E-state index >= 15 is 0 Å². The molecule has 8 nitrogen and oxygen atoms in total. The zero-order chi connectivity index (χ0) is 20.8. The number of nitrogens with zero attached hydrogens (tertiary/aromatic N) is 3. The van der Waals surface area contributed by atoms with Crippen molar-refractivity contribution in [1.82, 2.24) is 15.0 Å². The number of amides is 1. The Hall–Kier alpha value is -3.20. The maximum Gasteiger partial charge on any atom is 0.250 e. The zero-order valence-electron chi connectivity index (χ0n) is 16.4. The highest BCUT2D eigenvalue weighted by atomic mass is 32.2. The largest absolute Gasteiger partial charge is 0.502 e. The lowest BCUT2D eigenvalue weighted by molar-refractivity contribution is -0.118. The number of carbonyl (C=O) groups excluding carboxylic acids is 1. The molecule has 0 aliphatic carbocycles. The van der Waals surface area contributed by atoms with E-state index in [1.807, 2.05) is 31.2 Å². The van der Waals surface area contributed by atoms with Crippen LogP contribution in [0.4, 0.5) is 0 Å². The number of methoxy groups -OCH3 is 2. The average molecular weight is 414 g/mol. The Morgan fingerprint density at radius 1 is 1.28 bits per heavy atom. The first-order valence-electron chi connectivity index (χ1n) is 8.92. The Labute approximate surface area is 172 Å². The van der Waals surface area contributed by atoms with Crippen molar-refractivity contribution in [2.75, 3.05) is 20.0 Å². The van der Waals surface area contributed by atoms with Gasteiger partial charge in [-0.15, -0.1) is 0 Å². The first-order valence-corrected chi connectivity index (χ1v) is 9.90. The molecule has 152 valence electrons. The molecule has 0 saturated carbocycles. The average Bonchev–Trinajstić information content (AvgIpc) is 3.10. The topological polar surface area (TPSA) is 98.0 Å². The van der Waals surface area contributed by atoms with Gasteiger partial charge in [-0.05, 0) is 31.2 Å². The van der Waals surface area contributed by atoms with Crippen LogP contribution in [0.5, 0.6) is 17.2 Å². The van der Waals surface area contributed by atoms with E-state index in [0.29, 0.717) is 5.56 Å². The number of phenols is 1. The number of fused-ring (bicyclic) bond motifs is 1. The Morgan fingerprint density at radius 2 is 1.97 bits per heavy atom. The molecule has 9 heteroatoms. The molecule has 0 spiro atoms. The summed E-state index contributed by atoms with van der Waals surface area (Å²) in [5.41, 5.74) is 5.05. The second kappa shape index (κ2) is 9.33. The van der Waals surface area contributed by atoms with Crippen molar-refractivity contribution < 1.29 is 19.4 Å². The number of benzene rings is 2. The lowest BCUT2D eigenvalue weighted by Crippen LogP contribution is -2.20. The Morgan fingerprint density at radius 3 is 2.62 bits per heavy atom. The minimum atomic E-state index is -0.251. The molecule has 2 aromatic carbocycles. The van der Waals surface area contributed by atoms with Crippen molar-refractivity contribution in [2.45, 2.75) is 18.6 Å². The number of imidazole rings is 1. The maximum absolute atomic E-state index is 12.1. The molecule has 0 fully saturated rings. The number of hydrazone groups is 1. The van der Waals surface area contributed by atoms with Crippen LogP contribution in [-0.2, 0) is 11.3 Å². The van der Waals surface area contributed by atoms with Gasteiger partial charge >= 0.3 is 0 Å². The molecular weight excluding hydrogens is 392 g/mol. The van der Waals surface area contributed by atoms with Crippen LogP contribution in [0.3, 0.4) is 0 Å². The van der Waals surface area contributed by atoms with Crippen molar-refractivity contribution in [2.24, 2.45) is 5.10 Å². The van der Waals surface area contributed by atoms with Crippen molar-refractivity contribution in [3.63, 3.8) is 0 Å². The van der Waals surface area contributed by atoms with Gasteiger partial charge in [0.15, 0.2) is 16.7 Å². The molecular formula is C20H22N4O4S. The summed E-state index contributed by atoms with van der Waals surface area (Å²) in [7, 11) is 2.88. The van der Waals surface area contributed by atoms with E-state index in [1.54, 1.807) is 12.1 Å². The van der Waals surface area contributed by atoms with Gasteiger partial charge in [0, 0.05) is 12.1 Å². The summed E-state index contributed by atoms with van der Waals surface area (Å²) >= 11 is 1.36. The van der Waals surface area contributed by atoms with Crippen LogP contribution in [0.1, 0.15) is 12.5 Å². The fourth-order valence-corrected chi connectivity index (χ4v) is 3.67. The predicted molar refractivity (Wildman–Crippen MR) is 113 cm³/mol. The Kier molecular flexibility index (Phi) is 6.61. The number of phenolic OH excluding ortho intramolecular Hbond substituents is 1. The van der Waals surface area contributed by atoms with E-state index in [2.05, 4.69) is 20.1 Å². The van der Waals surface area contributed by atoms with E-state index in [1.165, 1.54) is 32.2 Å². The van der Waals surface area contributed by atoms with E-state index in [0.717, 1.165) is 22.7 Å². The number of para-hydroxylation sites is 2. The molecule has 3 aromatic rings. The third-order valence-corrected chi connectivity index (χ3v) is 5.15. The van der Waals surface area contributed by atoms with Crippen LogP contribution in [0.2, 0.25) is 0 Å². The molecule has 0 atom stereocenters. The zero-order valence-corrected chi connectivity index (χ0v) is 17.2. The molecule has 0 aliphatic rings. The fraction of sp³-hybridized carbons (Fsp3) is 0.250. The summed E-state index contributed by atoms with van der Waals surface area (Å²) in [6.45, 7) is 2.82. The summed E-state index contributed by atoms with van der Waals surface area (Å²) in [5.74, 6) is 0.352. The van der Waals surface area contributed by atoms with Crippen molar-refractivity contribution in [1.29, 1.82) is 0 Å². The van der Waals surface area contributed by atoms with Crippen LogP contribution in [-0.4, -0.2) is 46.8 Å². The first kappa shape index (κ1) is 20.5. The van der Waals surface area contributed by atoms with Crippen LogP contribution in [0.15, 0.2) is 46.7 Å². The number of thioether (sulfide) groups is 1. The third-order valence-electron chi connectivity index (χ3n) is 4.17. The first-order chi connectivity index (χ1) is 14.1. The molecule has 0 saturated heterocycles. The number of ether oxygens (including phenoxy) is 2. The highest BCUT2D eigenvalue weighted by Gasteiger charge is 2.12. The lowest BCUT2D eigenvalue weighted by Gasteiger charge is -2.09. The normalized spacial score (nSPS) is 11.1. The van der Waals surface area contributed by atoms with Crippen molar-refractivity contribution in [3.05, 3.63) is 42.0 Å². The standard InChI is InChI=1S/C20H22N4O4S/c1-4-24-15-8-6-5-7-14(15)22-20(24)29-12-18(25)23-21-11-13-9-16(27-2)19(26)17(10-13)28-3/h5-11,26H,4,12H2,1-3H3,(H,23,25). The van der Waals surface area contributed by atoms with Gasteiger partial charge in [-0.25, -0.2) is 10.4 Å². The third kappa shape index (κ3) is 4.62. The number of aromatic hydroxyl groups is 1. The van der Waals surface area contributed by atoms with Gasteiger partial charge < -0.3 is 19.1 Å². The van der Waals surface area contributed by atoms with Crippen molar-refractivity contribution >= 4 is 34.9 Å². The fourth-order valence-electron chi connectivity index (χ4n) is 2.80. The van der Waals surface area contributed by atoms with E-state index in [-0.39, 0.29) is 28.9 Å². The number of aryl methyl sites for hydroxylation is 1. The Balaban J connectivity index is 1.62. The molecule has 0 aliphatic heterocycles. The molecule has 1 heterocycles. The van der Waals surface area contributed by atoms with E-state index in [4.69, 9.17) is 9.47 Å². The number of aromatic nitrogens is 2. The van der Waals surface area contributed by atoms with Gasteiger partial charge in [-0.2, -0.15) is 5.10 Å². The minimum Gasteiger partial charge on any atom is -0.502 e. The lowest BCUT2D eigenvalue weighted by atomic mass is 10.2. The molecule has 0 unspecified atom stereocenters. The van der Waals surface area contributed by atoms with Gasteiger partial charge in [0.25, 0.3) is 5.91 Å². The quantitative estimate of drug-likeness (QED) is 0.334. The van der Waals surface area contributed by atoms with Crippen LogP contribution >= 0.6 is 11.8 Å². The molecule has 3 rings (SSSR count). The van der Waals surface area contributed by atoms with E-state index in [9.17, 15) is 9.90 Å². The SMILES string of the molecule is CCn1c(SCC(=O)NN=Cc2cc(OC)c(O)c(OC)c2)nc2ccccc21. The van der Waals surface area contributed by atoms with Crippen molar-refractivity contribution in [3.8, 4) is 17.2 Å². The maximum atomic E-state index is 12.1. The van der Waals surface area contributed by atoms with Crippen LogP contribution in [0.25, 0.3) is 11.0 Å². The molecule has 1 amide bonds. The number of nitrogens with one attached hydrogen (secondary N) is 1. The summed E-state index contributed by atoms with van der Waals surface area (Å²) in [4.78, 5) is 16.7. The molecule has 1 aromatic heterocycles. The monoisotopic (exact) mass is 414 g/mol. The summed E-state index contributed by atoms with van der Waals surface area (Å²) < 4.78 is 12.3. The second-order valence-corrected chi connectivity index (χ2v) is 6.93. The van der Waals surface area contributed by atoms with Gasteiger partial charge in [0.2, 0.25) is 5.75 Å². The second-order valence-electron chi connectivity index (χ2n) is 5.98. The predicted octanol–water partition coefficient (Wildman–Crippen LogP) is 3.02. The van der Waals surface area contributed by atoms with Crippen LogP contribution < -0.4 is 14.9 Å². The highest BCUT2D eigenvalue weighted by Crippen LogP contribution is 2.36. The summed E-state index contributed by atoms with van der Waals surface area (Å²) in [6.07, 6.45) is 1.45. The number of rotatable bonds is 8. The highest BCUT2D eigenvalue weighted by molar-refractivity contribution is 7.99.